The molecular formula is C30H44O2. The number of rotatable bonds is 1. The number of hydrogen-bond donors (Lipinski definition) is 0. The monoisotopic (exact) mass is 436 g/mol. The van der Waals surface area contributed by atoms with Crippen molar-refractivity contribution in [3.05, 3.63) is 23.3 Å². The summed E-state index contributed by atoms with van der Waals surface area (Å²) in [6, 6.07) is 0. The van der Waals surface area contributed by atoms with Gasteiger partial charge in [-0.3, -0.25) is 4.79 Å². The van der Waals surface area contributed by atoms with E-state index in [-0.39, 0.29) is 21.7 Å². The third-order valence-electron chi connectivity index (χ3n) is 11.7. The average molecular weight is 437 g/mol. The smallest absolute Gasteiger partial charge is 0.164 e. The van der Waals surface area contributed by atoms with Gasteiger partial charge in [-0.1, -0.05) is 59.3 Å². The lowest BCUT2D eigenvalue weighted by Gasteiger charge is -2.66. The summed E-state index contributed by atoms with van der Waals surface area (Å²) in [6.45, 7) is 16.3. The van der Waals surface area contributed by atoms with Gasteiger partial charge in [0.1, 0.15) is 6.29 Å². The number of carbonyl (C=O) groups is 2. The first-order valence-corrected chi connectivity index (χ1v) is 13.2. The van der Waals surface area contributed by atoms with E-state index in [2.05, 4.69) is 53.7 Å². The van der Waals surface area contributed by atoms with Crippen LogP contribution in [0.25, 0.3) is 0 Å². The van der Waals surface area contributed by atoms with E-state index >= 15 is 0 Å². The average Bonchev–Trinajstić information content (AvgIpc) is 2.71. The topological polar surface area (TPSA) is 34.1 Å². The standard InChI is InChI=1S/C30H44O2/c1-19-16-29(7)23(27(4,5)25(19)32)11-12-28(6)21-10-13-30(18-31)15-14-26(2,3)17-22(30)20(21)8-9-24(28)29/h8,16,18,21-24H,9-15,17H2,1-7H3. The van der Waals surface area contributed by atoms with Gasteiger partial charge in [0.05, 0.1) is 0 Å². The second-order valence-corrected chi connectivity index (χ2v) is 14.2. The van der Waals surface area contributed by atoms with Crippen molar-refractivity contribution in [2.45, 2.75) is 99.8 Å². The molecule has 0 aromatic rings. The molecule has 5 rings (SSSR count). The molecule has 0 heterocycles. The number of allylic oxidation sites excluding steroid dienone is 4. The van der Waals surface area contributed by atoms with E-state index in [1.54, 1.807) is 5.57 Å². The Morgan fingerprint density at radius 1 is 0.906 bits per heavy atom. The quantitative estimate of drug-likeness (QED) is 0.318. The van der Waals surface area contributed by atoms with Crippen LogP contribution in [0, 0.1) is 50.7 Å². The molecule has 0 aliphatic heterocycles. The first-order chi connectivity index (χ1) is 14.8. The van der Waals surface area contributed by atoms with Crippen LogP contribution in [0.4, 0.5) is 0 Å². The SMILES string of the molecule is CC1=CC2(C)C(CCC3(C)C4CCC5(C=O)CCC(C)(C)CC5C4=CCC23)C(C)(C)C1=O. The summed E-state index contributed by atoms with van der Waals surface area (Å²) in [4.78, 5) is 25.6. The Kier molecular flexibility index (Phi) is 4.73. The molecule has 3 saturated carbocycles. The van der Waals surface area contributed by atoms with Gasteiger partial charge in [0.25, 0.3) is 0 Å². The molecule has 0 aromatic heterocycles. The predicted octanol–water partition coefficient (Wildman–Crippen LogP) is 7.33. The van der Waals surface area contributed by atoms with Crippen LogP contribution in [0.15, 0.2) is 23.3 Å². The zero-order chi connectivity index (χ0) is 23.3. The molecule has 5 aliphatic rings. The molecule has 5 aliphatic carbocycles. The molecule has 0 radical (unpaired) electrons. The van der Waals surface area contributed by atoms with E-state index in [1.807, 2.05) is 6.92 Å². The summed E-state index contributed by atoms with van der Waals surface area (Å²) in [7, 11) is 0. The van der Waals surface area contributed by atoms with Crippen molar-refractivity contribution in [1.82, 2.24) is 0 Å². The molecule has 32 heavy (non-hydrogen) atoms. The zero-order valence-electron chi connectivity index (χ0n) is 21.5. The summed E-state index contributed by atoms with van der Waals surface area (Å²) < 4.78 is 0. The Bertz CT molecular complexity index is 919. The molecule has 2 heteroatoms. The zero-order valence-corrected chi connectivity index (χ0v) is 21.5. The van der Waals surface area contributed by atoms with Crippen LogP contribution in [0.5, 0.6) is 0 Å². The van der Waals surface area contributed by atoms with E-state index in [1.165, 1.54) is 25.5 Å². The lowest BCUT2D eigenvalue weighted by atomic mass is 9.38. The van der Waals surface area contributed by atoms with E-state index in [0.717, 1.165) is 37.7 Å². The van der Waals surface area contributed by atoms with Crippen molar-refractivity contribution in [2.75, 3.05) is 0 Å². The lowest BCUT2D eigenvalue weighted by Crippen LogP contribution is -2.60. The minimum atomic E-state index is -0.272. The maximum absolute atomic E-state index is 13.1. The van der Waals surface area contributed by atoms with E-state index in [0.29, 0.717) is 34.9 Å². The maximum Gasteiger partial charge on any atom is 0.164 e. The largest absolute Gasteiger partial charge is 0.303 e. The fourth-order valence-corrected chi connectivity index (χ4v) is 10.00. The number of fused-ring (bicyclic) bond motifs is 7. The number of hydrogen-bond acceptors (Lipinski definition) is 2. The highest BCUT2D eigenvalue weighted by Crippen LogP contribution is 2.70. The highest BCUT2D eigenvalue weighted by Gasteiger charge is 2.64. The molecule has 0 saturated heterocycles. The predicted molar refractivity (Wildman–Crippen MR) is 130 cm³/mol. The van der Waals surface area contributed by atoms with Gasteiger partial charge in [-0.05, 0) is 104 Å². The van der Waals surface area contributed by atoms with Crippen LogP contribution >= 0.6 is 0 Å². The van der Waals surface area contributed by atoms with Gasteiger partial charge < -0.3 is 4.79 Å². The molecule has 0 N–H and O–H groups in total. The van der Waals surface area contributed by atoms with Crippen LogP contribution in [0.3, 0.4) is 0 Å². The Balaban J connectivity index is 1.59. The number of aldehydes is 1. The van der Waals surface area contributed by atoms with E-state index < -0.39 is 0 Å². The number of ketones is 1. The van der Waals surface area contributed by atoms with Crippen LogP contribution in [-0.4, -0.2) is 12.1 Å². The third kappa shape index (κ3) is 2.76. The molecule has 0 bridgehead atoms. The van der Waals surface area contributed by atoms with Gasteiger partial charge in [0.15, 0.2) is 5.78 Å². The molecule has 7 unspecified atom stereocenters. The van der Waals surface area contributed by atoms with Crippen molar-refractivity contribution >= 4 is 12.1 Å². The van der Waals surface area contributed by atoms with Gasteiger partial charge in [0, 0.05) is 10.8 Å². The molecule has 0 amide bonds. The van der Waals surface area contributed by atoms with Crippen LogP contribution in [-0.2, 0) is 9.59 Å². The van der Waals surface area contributed by atoms with Gasteiger partial charge >= 0.3 is 0 Å². The molecular weight excluding hydrogens is 392 g/mol. The minimum Gasteiger partial charge on any atom is -0.303 e. The molecule has 2 nitrogen and oxygen atoms in total. The van der Waals surface area contributed by atoms with Gasteiger partial charge in [-0.25, -0.2) is 0 Å². The molecule has 0 aromatic carbocycles. The lowest BCUT2D eigenvalue weighted by molar-refractivity contribution is -0.147. The number of Topliss-reactive ketones (excluding diaryl/α,β-unsaturated/α-hetero) is 1. The van der Waals surface area contributed by atoms with E-state index in [4.69, 9.17) is 0 Å². The first kappa shape index (κ1) is 22.6. The Morgan fingerprint density at radius 2 is 1.62 bits per heavy atom. The normalized spacial score (nSPS) is 48.9. The summed E-state index contributed by atoms with van der Waals surface area (Å²) in [6.07, 6.45) is 15.4. The Hall–Kier alpha value is -1.18. The Morgan fingerprint density at radius 3 is 2.31 bits per heavy atom. The van der Waals surface area contributed by atoms with Crippen molar-refractivity contribution < 1.29 is 9.59 Å². The molecule has 3 fully saturated rings. The van der Waals surface area contributed by atoms with Crippen molar-refractivity contribution in [3.63, 3.8) is 0 Å². The Labute approximate surface area is 195 Å². The molecule has 7 atom stereocenters. The second-order valence-electron chi connectivity index (χ2n) is 14.2. The van der Waals surface area contributed by atoms with Gasteiger partial charge in [-0.2, -0.15) is 0 Å². The van der Waals surface area contributed by atoms with Crippen LogP contribution in [0.2, 0.25) is 0 Å². The summed E-state index contributed by atoms with van der Waals surface area (Å²) >= 11 is 0. The summed E-state index contributed by atoms with van der Waals surface area (Å²) in [5, 5.41) is 0. The third-order valence-corrected chi connectivity index (χ3v) is 11.7. The fraction of sp³-hybridized carbons (Fsp3) is 0.800. The summed E-state index contributed by atoms with van der Waals surface area (Å²) in [5.74, 6) is 2.39. The van der Waals surface area contributed by atoms with Crippen molar-refractivity contribution in [2.24, 2.45) is 50.7 Å². The number of carbonyl (C=O) groups excluding carboxylic acids is 2. The van der Waals surface area contributed by atoms with Crippen LogP contribution < -0.4 is 0 Å². The van der Waals surface area contributed by atoms with Gasteiger partial charge in [0.2, 0.25) is 0 Å². The summed E-state index contributed by atoms with van der Waals surface area (Å²) in [5.41, 5.74) is 2.90. The molecule has 176 valence electrons. The highest BCUT2D eigenvalue weighted by molar-refractivity contribution is 6.00. The van der Waals surface area contributed by atoms with Crippen molar-refractivity contribution in [3.8, 4) is 0 Å². The van der Waals surface area contributed by atoms with E-state index in [9.17, 15) is 9.59 Å². The van der Waals surface area contributed by atoms with Gasteiger partial charge in [-0.15, -0.1) is 0 Å². The first-order valence-electron chi connectivity index (χ1n) is 13.2. The van der Waals surface area contributed by atoms with Crippen LogP contribution in [0.1, 0.15) is 99.8 Å². The second kappa shape index (κ2) is 6.70. The molecule has 0 spiro atoms. The highest BCUT2D eigenvalue weighted by atomic mass is 16.1. The minimum absolute atomic E-state index is 0.0710. The van der Waals surface area contributed by atoms with Crippen molar-refractivity contribution in [1.29, 1.82) is 0 Å². The maximum atomic E-state index is 13.1. The fourth-order valence-electron chi connectivity index (χ4n) is 10.00.